The summed E-state index contributed by atoms with van der Waals surface area (Å²) in [5, 5.41) is 16.6. The van der Waals surface area contributed by atoms with Crippen LogP contribution >= 0.6 is 11.6 Å². The zero-order chi connectivity index (χ0) is 28.8. The van der Waals surface area contributed by atoms with Gasteiger partial charge in [0.25, 0.3) is 5.56 Å². The molecule has 0 aliphatic carbocycles. The molecule has 0 aliphatic heterocycles. The number of hydrogen-bond acceptors (Lipinski definition) is 5. The van der Waals surface area contributed by atoms with E-state index < -0.39 is 5.97 Å². The number of carboxylic acid groups (broad SMARTS) is 1. The number of rotatable bonds is 6. The monoisotopic (exact) mass is 572 g/mol. The number of halogens is 1. The Balaban J connectivity index is 1.34. The zero-order valence-corrected chi connectivity index (χ0v) is 22.7. The van der Waals surface area contributed by atoms with Gasteiger partial charge in [-0.1, -0.05) is 54.1 Å². The third kappa shape index (κ3) is 4.53. The Morgan fingerprint density at radius 3 is 2.52 bits per heavy atom. The Labute approximate surface area is 243 Å². The van der Waals surface area contributed by atoms with Crippen molar-refractivity contribution in [2.24, 2.45) is 5.10 Å². The Kier molecular flexibility index (Phi) is 6.18. The third-order valence-electron chi connectivity index (χ3n) is 7.14. The molecule has 7 aromatic rings. The molecule has 3 aromatic heterocycles. The van der Waals surface area contributed by atoms with Crippen molar-refractivity contribution in [3.8, 4) is 11.6 Å². The molecule has 0 fully saturated rings. The predicted molar refractivity (Wildman–Crippen MR) is 164 cm³/mol. The quantitative estimate of drug-likeness (QED) is 0.215. The van der Waals surface area contributed by atoms with Gasteiger partial charge in [0.15, 0.2) is 5.76 Å². The molecule has 0 atom stereocenters. The molecule has 3 heterocycles. The maximum atomic E-state index is 13.7. The lowest BCUT2D eigenvalue weighted by atomic mass is 10.1. The lowest BCUT2D eigenvalue weighted by Crippen LogP contribution is -2.20. The van der Waals surface area contributed by atoms with Gasteiger partial charge in [0, 0.05) is 39.6 Å². The molecular formula is C33H21ClN4O4. The third-order valence-corrected chi connectivity index (χ3v) is 7.37. The lowest BCUT2D eigenvalue weighted by Gasteiger charge is -2.07. The van der Waals surface area contributed by atoms with E-state index in [2.05, 4.69) is 9.67 Å². The van der Waals surface area contributed by atoms with Crippen molar-refractivity contribution in [3.63, 3.8) is 0 Å². The molecular weight excluding hydrogens is 552 g/mol. The number of nitrogens with zero attached hydrogens (tertiary/aromatic N) is 4. The first-order valence-corrected chi connectivity index (χ1v) is 13.5. The molecule has 204 valence electrons. The standard InChI is InChI=1S/C33H21ClN4O4/c34-24-13-14-29-22(15-24)16-30(42-29)31-36-27-7-3-1-6-26(27)32(39)38(31)35-17-23-19-37(28-8-4-2-5-25(23)28)18-20-9-11-21(12-10-20)33(40)41/h1-17,19H,18H2,(H,40,41). The van der Waals surface area contributed by atoms with Crippen molar-refractivity contribution in [3.05, 3.63) is 135 Å². The summed E-state index contributed by atoms with van der Waals surface area (Å²) in [7, 11) is 0. The van der Waals surface area contributed by atoms with Crippen molar-refractivity contribution < 1.29 is 14.3 Å². The van der Waals surface area contributed by atoms with E-state index in [1.54, 1.807) is 72.9 Å². The number of benzene rings is 4. The van der Waals surface area contributed by atoms with Crippen LogP contribution in [0.3, 0.4) is 0 Å². The average Bonchev–Trinajstić information content (AvgIpc) is 3.58. The number of carboxylic acids is 1. The van der Waals surface area contributed by atoms with Gasteiger partial charge in [0.2, 0.25) is 5.82 Å². The van der Waals surface area contributed by atoms with Gasteiger partial charge in [-0.15, -0.1) is 0 Å². The van der Waals surface area contributed by atoms with Gasteiger partial charge in [0.05, 0.1) is 22.7 Å². The van der Waals surface area contributed by atoms with E-state index in [1.807, 2.05) is 36.5 Å². The topological polar surface area (TPSA) is 103 Å². The van der Waals surface area contributed by atoms with Gasteiger partial charge < -0.3 is 14.1 Å². The van der Waals surface area contributed by atoms with Crippen molar-refractivity contribution >= 4 is 56.6 Å². The highest BCUT2D eigenvalue weighted by molar-refractivity contribution is 6.31. The maximum Gasteiger partial charge on any atom is 0.335 e. The van der Waals surface area contributed by atoms with E-state index in [-0.39, 0.29) is 16.9 Å². The fourth-order valence-corrected chi connectivity index (χ4v) is 5.27. The smallest absolute Gasteiger partial charge is 0.335 e. The molecule has 7 rings (SSSR count). The zero-order valence-electron chi connectivity index (χ0n) is 21.9. The second-order valence-electron chi connectivity index (χ2n) is 9.84. The summed E-state index contributed by atoms with van der Waals surface area (Å²) in [4.78, 5) is 29.7. The minimum absolute atomic E-state index is 0.238. The molecule has 0 bridgehead atoms. The minimum atomic E-state index is -0.962. The molecule has 0 amide bonds. The van der Waals surface area contributed by atoms with E-state index in [4.69, 9.17) is 21.0 Å². The maximum absolute atomic E-state index is 13.7. The first kappa shape index (κ1) is 25.5. The van der Waals surface area contributed by atoms with Crippen molar-refractivity contribution in [1.29, 1.82) is 0 Å². The van der Waals surface area contributed by atoms with Crippen molar-refractivity contribution in [2.45, 2.75) is 6.54 Å². The van der Waals surface area contributed by atoms with Crippen LogP contribution in [0.2, 0.25) is 5.02 Å². The molecule has 0 spiro atoms. The van der Waals surface area contributed by atoms with Gasteiger partial charge in [-0.05, 0) is 60.2 Å². The molecule has 9 heteroatoms. The number of furan rings is 1. The number of para-hydroxylation sites is 2. The van der Waals surface area contributed by atoms with Gasteiger partial charge in [-0.3, -0.25) is 4.79 Å². The second-order valence-corrected chi connectivity index (χ2v) is 10.3. The van der Waals surface area contributed by atoms with E-state index in [0.29, 0.717) is 33.8 Å². The van der Waals surface area contributed by atoms with Crippen LogP contribution < -0.4 is 5.56 Å². The van der Waals surface area contributed by atoms with Gasteiger partial charge in [0.1, 0.15) is 5.58 Å². The Hall–Kier alpha value is -5.47. The summed E-state index contributed by atoms with van der Waals surface area (Å²) in [6.07, 6.45) is 3.61. The normalized spacial score (nSPS) is 11.7. The molecule has 0 saturated heterocycles. The summed E-state index contributed by atoms with van der Waals surface area (Å²) < 4.78 is 9.40. The van der Waals surface area contributed by atoms with Crippen LogP contribution in [0.4, 0.5) is 0 Å². The number of carbonyl (C=O) groups is 1. The van der Waals surface area contributed by atoms with Gasteiger partial charge in [-0.25, -0.2) is 9.78 Å². The molecule has 0 unspecified atom stereocenters. The Morgan fingerprint density at radius 1 is 0.952 bits per heavy atom. The molecule has 0 aliphatic rings. The summed E-state index contributed by atoms with van der Waals surface area (Å²) >= 11 is 6.18. The van der Waals surface area contributed by atoms with E-state index in [0.717, 1.165) is 27.4 Å². The number of aromatic nitrogens is 3. The highest BCUT2D eigenvalue weighted by Gasteiger charge is 2.17. The molecule has 42 heavy (non-hydrogen) atoms. The average molecular weight is 573 g/mol. The fraction of sp³-hybridized carbons (Fsp3) is 0.0303. The van der Waals surface area contributed by atoms with Crippen LogP contribution in [0.15, 0.2) is 118 Å². The van der Waals surface area contributed by atoms with E-state index in [1.165, 1.54) is 4.68 Å². The predicted octanol–water partition coefficient (Wildman–Crippen LogP) is 7.05. The van der Waals surface area contributed by atoms with Crippen LogP contribution in [0.1, 0.15) is 21.5 Å². The van der Waals surface area contributed by atoms with Crippen LogP contribution in [-0.4, -0.2) is 31.5 Å². The second kappa shape index (κ2) is 10.2. The van der Waals surface area contributed by atoms with Gasteiger partial charge >= 0.3 is 5.97 Å². The molecule has 1 N–H and O–H groups in total. The number of aromatic carboxylic acids is 1. The summed E-state index contributed by atoms with van der Waals surface area (Å²) in [5.74, 6) is -0.306. The Bertz CT molecular complexity index is 2240. The van der Waals surface area contributed by atoms with Crippen LogP contribution in [-0.2, 0) is 6.54 Å². The van der Waals surface area contributed by atoms with Gasteiger partial charge in [-0.2, -0.15) is 9.78 Å². The summed E-state index contributed by atoms with van der Waals surface area (Å²) in [5.41, 5.74) is 3.79. The molecule has 8 nitrogen and oxygen atoms in total. The number of hydrogen-bond donors (Lipinski definition) is 1. The summed E-state index contributed by atoms with van der Waals surface area (Å²) in [6, 6.07) is 28.9. The van der Waals surface area contributed by atoms with E-state index >= 15 is 0 Å². The minimum Gasteiger partial charge on any atom is -0.478 e. The first-order valence-electron chi connectivity index (χ1n) is 13.1. The Morgan fingerprint density at radius 2 is 1.71 bits per heavy atom. The number of fused-ring (bicyclic) bond motifs is 3. The van der Waals surface area contributed by atoms with Crippen molar-refractivity contribution in [1.82, 2.24) is 14.2 Å². The molecule has 0 saturated carbocycles. The van der Waals surface area contributed by atoms with E-state index in [9.17, 15) is 14.7 Å². The van der Waals surface area contributed by atoms with Crippen molar-refractivity contribution in [2.75, 3.05) is 0 Å². The molecule has 0 radical (unpaired) electrons. The first-order chi connectivity index (χ1) is 20.4. The lowest BCUT2D eigenvalue weighted by molar-refractivity contribution is 0.0697. The molecule has 4 aromatic carbocycles. The van der Waals surface area contributed by atoms with Crippen LogP contribution in [0.5, 0.6) is 0 Å². The van der Waals surface area contributed by atoms with Crippen LogP contribution in [0.25, 0.3) is 44.4 Å². The SMILES string of the molecule is O=C(O)c1ccc(Cn2cc(C=Nn3c(-c4cc5cc(Cl)ccc5o4)nc4ccccc4c3=O)c3ccccc32)cc1. The summed E-state index contributed by atoms with van der Waals surface area (Å²) in [6.45, 7) is 0.526. The fourth-order valence-electron chi connectivity index (χ4n) is 5.09. The van der Waals surface area contributed by atoms with Crippen LogP contribution in [0, 0.1) is 0 Å². The highest BCUT2D eigenvalue weighted by Crippen LogP contribution is 2.29. The highest BCUT2D eigenvalue weighted by atomic mass is 35.5. The largest absolute Gasteiger partial charge is 0.478 e.